The van der Waals surface area contributed by atoms with Gasteiger partial charge >= 0.3 is 5.97 Å². The summed E-state index contributed by atoms with van der Waals surface area (Å²) >= 11 is 0. The lowest BCUT2D eigenvalue weighted by atomic mass is 9.99. The molecule has 0 amide bonds. The first-order chi connectivity index (χ1) is 8.13. The van der Waals surface area contributed by atoms with Crippen molar-refractivity contribution >= 4 is 23.7 Å². The molecule has 1 aromatic heterocycles. The molecule has 1 atom stereocenters. The number of aliphatic carboxylic acids is 1. The van der Waals surface area contributed by atoms with E-state index in [1.165, 1.54) is 0 Å². The van der Waals surface area contributed by atoms with Gasteiger partial charge in [-0.2, -0.15) is 0 Å². The normalized spacial score (nSPS) is 17.7. The Morgan fingerprint density at radius 3 is 2.94 bits per heavy atom. The van der Waals surface area contributed by atoms with Crippen molar-refractivity contribution in [1.82, 2.24) is 4.98 Å². The number of pyridine rings is 1. The van der Waals surface area contributed by atoms with Gasteiger partial charge in [0.15, 0.2) is 5.92 Å². The predicted octanol–water partition coefficient (Wildman–Crippen LogP) is 1.08. The van der Waals surface area contributed by atoms with Crippen molar-refractivity contribution < 1.29 is 19.4 Å². The smallest absolute Gasteiger partial charge is 0.320 e. The van der Waals surface area contributed by atoms with Crippen LogP contribution in [-0.4, -0.2) is 34.7 Å². The number of carboxylic acids is 1. The largest absolute Gasteiger partial charge is 0.480 e. The van der Waals surface area contributed by atoms with Gasteiger partial charge in [0, 0.05) is 12.3 Å². The van der Waals surface area contributed by atoms with Gasteiger partial charge < -0.3 is 9.84 Å². The number of carbonyl (C=O) groups is 2. The van der Waals surface area contributed by atoms with Gasteiger partial charge in [-0.15, -0.1) is 0 Å². The van der Waals surface area contributed by atoms with Crippen LogP contribution in [0.4, 0.5) is 5.69 Å². The third-order valence-electron chi connectivity index (χ3n) is 2.29. The van der Waals surface area contributed by atoms with Gasteiger partial charge in [-0.25, -0.2) is 4.98 Å². The number of carboxylic acid groups (broad SMARTS) is 1. The first kappa shape index (κ1) is 11.3. The van der Waals surface area contributed by atoms with Gasteiger partial charge in [-0.05, 0) is 13.0 Å². The summed E-state index contributed by atoms with van der Waals surface area (Å²) in [5.41, 5.74) is 0.418. The first-order valence-electron chi connectivity index (χ1n) is 5.08. The number of ether oxygens (including phenoxy) is 1. The molecular formula is C11H10N2O4. The Hall–Kier alpha value is -2.24. The van der Waals surface area contributed by atoms with E-state index < -0.39 is 17.7 Å². The number of carbonyl (C=O) groups excluding carboxylic acids is 1. The molecule has 0 radical (unpaired) electrons. The zero-order valence-electron chi connectivity index (χ0n) is 9.08. The molecule has 0 saturated heterocycles. The SMILES string of the molecule is CCOc1ccc2c(n1)C(=O)C(C(=O)O)C=N2. The highest BCUT2D eigenvalue weighted by molar-refractivity contribution is 6.21. The van der Waals surface area contributed by atoms with Crippen molar-refractivity contribution in [2.45, 2.75) is 6.92 Å². The maximum atomic E-state index is 11.8. The quantitative estimate of drug-likeness (QED) is 0.790. The number of aliphatic imine (C=N–C) groups is 1. The molecule has 1 aliphatic heterocycles. The Morgan fingerprint density at radius 2 is 2.29 bits per heavy atom. The van der Waals surface area contributed by atoms with E-state index in [0.717, 1.165) is 6.21 Å². The lowest BCUT2D eigenvalue weighted by Gasteiger charge is -2.13. The van der Waals surface area contributed by atoms with E-state index in [4.69, 9.17) is 9.84 Å². The highest BCUT2D eigenvalue weighted by atomic mass is 16.5. The molecule has 0 aliphatic carbocycles. The number of rotatable bonds is 3. The zero-order chi connectivity index (χ0) is 12.4. The number of aromatic nitrogens is 1. The Bertz CT molecular complexity index is 510. The van der Waals surface area contributed by atoms with Gasteiger partial charge in [0.2, 0.25) is 11.7 Å². The molecule has 2 rings (SSSR count). The lowest BCUT2D eigenvalue weighted by Crippen LogP contribution is -2.28. The molecule has 0 aromatic carbocycles. The molecule has 17 heavy (non-hydrogen) atoms. The fourth-order valence-corrected chi connectivity index (χ4v) is 1.49. The lowest BCUT2D eigenvalue weighted by molar-refractivity contribution is -0.137. The van der Waals surface area contributed by atoms with Crippen LogP contribution in [0.15, 0.2) is 17.1 Å². The van der Waals surface area contributed by atoms with Crippen molar-refractivity contribution in [3.63, 3.8) is 0 Å². The van der Waals surface area contributed by atoms with Crippen LogP contribution in [0.2, 0.25) is 0 Å². The van der Waals surface area contributed by atoms with E-state index in [0.29, 0.717) is 18.2 Å². The minimum absolute atomic E-state index is 0.0471. The third-order valence-corrected chi connectivity index (χ3v) is 2.29. The van der Waals surface area contributed by atoms with E-state index in [-0.39, 0.29) is 5.69 Å². The number of ketones is 1. The van der Waals surface area contributed by atoms with Gasteiger partial charge in [0.1, 0.15) is 5.69 Å². The molecule has 0 fully saturated rings. The van der Waals surface area contributed by atoms with Crippen LogP contribution in [0.5, 0.6) is 5.88 Å². The number of fused-ring (bicyclic) bond motifs is 1. The summed E-state index contributed by atoms with van der Waals surface area (Å²) in [7, 11) is 0. The van der Waals surface area contributed by atoms with Crippen LogP contribution in [0, 0.1) is 5.92 Å². The van der Waals surface area contributed by atoms with Crippen molar-refractivity contribution in [2.75, 3.05) is 6.61 Å². The topological polar surface area (TPSA) is 88.8 Å². The van der Waals surface area contributed by atoms with Crippen molar-refractivity contribution in [3.05, 3.63) is 17.8 Å². The molecule has 2 heterocycles. The zero-order valence-corrected chi connectivity index (χ0v) is 9.08. The van der Waals surface area contributed by atoms with E-state index in [2.05, 4.69) is 9.98 Å². The summed E-state index contributed by atoms with van der Waals surface area (Å²) < 4.78 is 5.15. The second kappa shape index (κ2) is 4.32. The maximum Gasteiger partial charge on any atom is 0.320 e. The minimum atomic E-state index is -1.26. The van der Waals surface area contributed by atoms with Crippen LogP contribution in [-0.2, 0) is 4.79 Å². The number of hydrogen-bond acceptors (Lipinski definition) is 5. The molecule has 88 valence electrons. The molecule has 1 aliphatic rings. The number of nitrogens with zero attached hydrogens (tertiary/aromatic N) is 2. The van der Waals surface area contributed by atoms with Crippen LogP contribution in [0.1, 0.15) is 17.4 Å². The summed E-state index contributed by atoms with van der Waals surface area (Å²) in [6.07, 6.45) is 1.12. The second-order valence-electron chi connectivity index (χ2n) is 3.41. The Labute approximate surface area is 97.0 Å². The fraction of sp³-hybridized carbons (Fsp3) is 0.273. The van der Waals surface area contributed by atoms with E-state index in [9.17, 15) is 9.59 Å². The van der Waals surface area contributed by atoms with Crippen molar-refractivity contribution in [1.29, 1.82) is 0 Å². The Kier molecular flexibility index (Phi) is 2.86. The standard InChI is InChI=1S/C11H10N2O4/c1-2-17-8-4-3-7-9(13-8)10(14)6(5-12-7)11(15)16/h3-6H,2H2,1H3,(H,15,16). The molecule has 1 unspecified atom stereocenters. The van der Waals surface area contributed by atoms with Crippen LogP contribution >= 0.6 is 0 Å². The van der Waals surface area contributed by atoms with Crippen molar-refractivity contribution in [2.24, 2.45) is 10.9 Å². The van der Waals surface area contributed by atoms with E-state index in [1.54, 1.807) is 19.1 Å². The summed E-state index contributed by atoms with van der Waals surface area (Å²) in [5, 5.41) is 8.84. The average Bonchev–Trinajstić information content (AvgIpc) is 2.30. The summed E-state index contributed by atoms with van der Waals surface area (Å²) in [6, 6.07) is 3.17. The molecule has 0 saturated carbocycles. The molecule has 6 nitrogen and oxygen atoms in total. The number of Topliss-reactive ketones (excluding diaryl/α,β-unsaturated/α-hetero) is 1. The van der Waals surface area contributed by atoms with Crippen LogP contribution in [0.25, 0.3) is 0 Å². The average molecular weight is 234 g/mol. The highest BCUT2D eigenvalue weighted by Crippen LogP contribution is 2.26. The fourth-order valence-electron chi connectivity index (χ4n) is 1.49. The molecule has 0 spiro atoms. The first-order valence-corrected chi connectivity index (χ1v) is 5.08. The summed E-state index contributed by atoms with van der Waals surface area (Å²) in [5.74, 6) is -2.76. The Balaban J connectivity index is 2.41. The van der Waals surface area contributed by atoms with Gasteiger partial charge in [0.25, 0.3) is 0 Å². The van der Waals surface area contributed by atoms with E-state index >= 15 is 0 Å². The minimum Gasteiger partial charge on any atom is -0.480 e. The maximum absolute atomic E-state index is 11.8. The molecule has 0 bridgehead atoms. The monoisotopic (exact) mass is 234 g/mol. The molecule has 1 aromatic rings. The number of hydrogen-bond donors (Lipinski definition) is 1. The summed E-state index contributed by atoms with van der Waals surface area (Å²) in [4.78, 5) is 30.5. The van der Waals surface area contributed by atoms with Gasteiger partial charge in [-0.1, -0.05) is 0 Å². The molecule has 6 heteroatoms. The molecule has 1 N–H and O–H groups in total. The third kappa shape index (κ3) is 2.01. The molecular weight excluding hydrogens is 224 g/mol. The summed E-state index contributed by atoms with van der Waals surface area (Å²) in [6.45, 7) is 2.22. The van der Waals surface area contributed by atoms with Crippen molar-refractivity contribution in [3.8, 4) is 5.88 Å². The van der Waals surface area contributed by atoms with Crippen LogP contribution in [0.3, 0.4) is 0 Å². The second-order valence-corrected chi connectivity index (χ2v) is 3.41. The van der Waals surface area contributed by atoms with Crippen LogP contribution < -0.4 is 4.74 Å². The van der Waals surface area contributed by atoms with Gasteiger partial charge in [-0.3, -0.25) is 14.6 Å². The predicted molar refractivity (Wildman–Crippen MR) is 59.0 cm³/mol. The van der Waals surface area contributed by atoms with E-state index in [1.807, 2.05) is 0 Å². The van der Waals surface area contributed by atoms with Gasteiger partial charge in [0.05, 0.1) is 12.3 Å². The highest BCUT2D eigenvalue weighted by Gasteiger charge is 2.31. The Morgan fingerprint density at radius 1 is 1.53 bits per heavy atom.